The van der Waals surface area contributed by atoms with Crippen molar-refractivity contribution in [3.05, 3.63) is 129 Å². The fraction of sp³-hybridized carbons (Fsp3) is 0.235. The molecule has 0 radical (unpaired) electrons. The number of unbranched alkanes of at least 4 members (excludes halogenated alkanes) is 1. The first-order valence-electron chi connectivity index (χ1n) is 13.9. The van der Waals surface area contributed by atoms with Crippen molar-refractivity contribution in [3.8, 4) is 11.5 Å². The maximum Gasteiger partial charge on any atom is 0.335 e. The monoisotopic (exact) mass is 621 g/mol. The number of rotatable bonds is 16. The number of aromatic carboxylic acids is 1. The third kappa shape index (κ3) is 10.7. The normalized spacial score (nSPS) is 11.8. The van der Waals surface area contributed by atoms with E-state index in [2.05, 4.69) is 4.90 Å². The van der Waals surface area contributed by atoms with E-state index in [0.717, 1.165) is 16.7 Å². The average molecular weight is 623 g/mol. The highest BCUT2D eigenvalue weighted by Gasteiger charge is 2.19. The van der Waals surface area contributed by atoms with Gasteiger partial charge < -0.3 is 19.7 Å². The largest absolute Gasteiger partial charge is 0.481 e. The number of ether oxygens (including phenoxy) is 2. The molecule has 0 heterocycles. The van der Waals surface area contributed by atoms with E-state index in [1.165, 1.54) is 0 Å². The highest BCUT2D eigenvalue weighted by Crippen LogP contribution is 2.27. The molecule has 0 aliphatic carbocycles. The van der Waals surface area contributed by atoms with Crippen LogP contribution in [-0.4, -0.2) is 40.1 Å². The lowest BCUT2D eigenvalue weighted by molar-refractivity contribution is -0.137. The highest BCUT2D eigenvalue weighted by atomic mass is 35.5. The molecule has 4 rings (SSSR count). The summed E-state index contributed by atoms with van der Waals surface area (Å²) < 4.78 is 12.4. The Bertz CT molecular complexity index is 1480. The predicted molar refractivity (Wildman–Crippen MR) is 167 cm³/mol. The van der Waals surface area contributed by atoms with Crippen LogP contribution in [0.5, 0.6) is 11.5 Å². The van der Waals surface area contributed by atoms with Crippen LogP contribution in [-0.2, 0) is 22.7 Å². The van der Waals surface area contributed by atoms with Crippen LogP contribution < -0.4 is 4.74 Å². The standard InChI is InChI=1S/C34H33Cl2NO6/c35-28-13-17-31(18-14-28)43-30-15-9-25(10-16-30)23-42-32(27-4-3-5-29(36)20-27)22-37(19-2-1-6-33(38)39)21-24-7-11-26(12-8-24)34(40)41/h3-5,7-18,20,32H,1-2,6,19,21-23H2,(H,38,39)(H,40,41)/t32-/m0/s1. The summed E-state index contributed by atoms with van der Waals surface area (Å²) in [6.45, 7) is 2.06. The molecular weight excluding hydrogens is 589 g/mol. The smallest absolute Gasteiger partial charge is 0.335 e. The van der Waals surface area contributed by atoms with Crippen molar-refractivity contribution in [3.63, 3.8) is 0 Å². The lowest BCUT2D eigenvalue weighted by Crippen LogP contribution is -2.30. The first kappa shape index (κ1) is 32.0. The Morgan fingerprint density at radius 2 is 1.42 bits per heavy atom. The molecule has 0 aliphatic rings. The Hall–Kier alpha value is -3.88. The van der Waals surface area contributed by atoms with Crippen LogP contribution in [0, 0.1) is 0 Å². The highest BCUT2D eigenvalue weighted by molar-refractivity contribution is 6.30. The van der Waals surface area contributed by atoms with Gasteiger partial charge in [-0.3, -0.25) is 9.69 Å². The van der Waals surface area contributed by atoms with Gasteiger partial charge in [0.05, 0.1) is 18.3 Å². The van der Waals surface area contributed by atoms with Gasteiger partial charge in [-0.15, -0.1) is 0 Å². The number of nitrogens with zero attached hydrogens (tertiary/aromatic N) is 1. The molecule has 0 fully saturated rings. The maximum absolute atomic E-state index is 11.3. The minimum atomic E-state index is -0.976. The molecule has 7 nitrogen and oxygen atoms in total. The third-order valence-electron chi connectivity index (χ3n) is 6.79. The summed E-state index contributed by atoms with van der Waals surface area (Å²) in [6, 6.07) is 29.2. The third-order valence-corrected chi connectivity index (χ3v) is 7.28. The van der Waals surface area contributed by atoms with Crippen molar-refractivity contribution in [1.82, 2.24) is 4.90 Å². The first-order chi connectivity index (χ1) is 20.7. The summed E-state index contributed by atoms with van der Waals surface area (Å²) in [5.74, 6) is -0.411. The van der Waals surface area contributed by atoms with Crippen molar-refractivity contribution < 1.29 is 29.3 Å². The van der Waals surface area contributed by atoms with E-state index in [9.17, 15) is 14.7 Å². The van der Waals surface area contributed by atoms with Gasteiger partial charge in [0.15, 0.2) is 0 Å². The first-order valence-corrected chi connectivity index (χ1v) is 14.7. The van der Waals surface area contributed by atoms with E-state index >= 15 is 0 Å². The number of benzene rings is 4. The van der Waals surface area contributed by atoms with E-state index in [1.807, 2.05) is 60.7 Å². The Morgan fingerprint density at radius 1 is 0.767 bits per heavy atom. The van der Waals surface area contributed by atoms with Gasteiger partial charge >= 0.3 is 11.9 Å². The molecule has 2 N–H and O–H groups in total. The second-order valence-electron chi connectivity index (χ2n) is 10.1. The van der Waals surface area contributed by atoms with Crippen LogP contribution in [0.2, 0.25) is 10.0 Å². The zero-order valence-electron chi connectivity index (χ0n) is 23.5. The van der Waals surface area contributed by atoms with E-state index in [4.69, 9.17) is 37.8 Å². The molecular formula is C34H33Cl2NO6. The minimum absolute atomic E-state index is 0.104. The van der Waals surface area contributed by atoms with Crippen LogP contribution in [0.25, 0.3) is 0 Å². The lowest BCUT2D eigenvalue weighted by Gasteiger charge is -2.28. The number of carboxylic acids is 2. The number of hydrogen-bond acceptors (Lipinski definition) is 5. The second kappa shape index (κ2) is 16.1. The van der Waals surface area contributed by atoms with Gasteiger partial charge in [-0.25, -0.2) is 4.79 Å². The molecule has 0 saturated carbocycles. The maximum atomic E-state index is 11.3. The van der Waals surface area contributed by atoms with Gasteiger partial charge in [0.1, 0.15) is 11.5 Å². The number of carbonyl (C=O) groups is 2. The molecule has 224 valence electrons. The molecule has 0 aromatic heterocycles. The summed E-state index contributed by atoms with van der Waals surface area (Å²) in [4.78, 5) is 24.6. The molecule has 0 saturated heterocycles. The predicted octanol–water partition coefficient (Wildman–Crippen LogP) is 8.50. The van der Waals surface area contributed by atoms with Crippen LogP contribution >= 0.6 is 23.2 Å². The molecule has 0 amide bonds. The molecule has 43 heavy (non-hydrogen) atoms. The summed E-state index contributed by atoms with van der Waals surface area (Å²) in [5.41, 5.74) is 3.06. The van der Waals surface area contributed by atoms with Crippen LogP contribution in [0.4, 0.5) is 0 Å². The van der Waals surface area contributed by atoms with Crippen molar-refractivity contribution >= 4 is 35.1 Å². The molecule has 0 aliphatic heterocycles. The molecule has 4 aromatic carbocycles. The van der Waals surface area contributed by atoms with Crippen LogP contribution in [0.1, 0.15) is 52.4 Å². The molecule has 9 heteroatoms. The minimum Gasteiger partial charge on any atom is -0.481 e. The topological polar surface area (TPSA) is 96.3 Å². The summed E-state index contributed by atoms with van der Waals surface area (Å²) >= 11 is 12.3. The van der Waals surface area contributed by atoms with Gasteiger partial charge in [0, 0.05) is 29.6 Å². The molecule has 0 spiro atoms. The van der Waals surface area contributed by atoms with Crippen molar-refractivity contribution in [2.24, 2.45) is 0 Å². The quantitative estimate of drug-likeness (QED) is 0.121. The van der Waals surface area contributed by atoms with Gasteiger partial charge in [-0.2, -0.15) is 0 Å². The Morgan fingerprint density at radius 3 is 2.05 bits per heavy atom. The summed E-state index contributed by atoms with van der Waals surface area (Å²) in [7, 11) is 0. The Kier molecular flexibility index (Phi) is 12.0. The Labute approximate surface area is 261 Å². The van der Waals surface area contributed by atoms with Crippen LogP contribution in [0.3, 0.4) is 0 Å². The van der Waals surface area contributed by atoms with Crippen molar-refractivity contribution in [2.75, 3.05) is 13.1 Å². The van der Waals surface area contributed by atoms with E-state index in [1.54, 1.807) is 36.4 Å². The van der Waals surface area contributed by atoms with Gasteiger partial charge in [-0.1, -0.05) is 59.6 Å². The summed E-state index contributed by atoms with van der Waals surface area (Å²) in [5, 5.41) is 19.6. The fourth-order valence-corrected chi connectivity index (χ4v) is 4.87. The fourth-order valence-electron chi connectivity index (χ4n) is 4.54. The van der Waals surface area contributed by atoms with E-state index in [-0.39, 0.29) is 18.1 Å². The van der Waals surface area contributed by atoms with Crippen LogP contribution in [0.15, 0.2) is 97.1 Å². The van der Waals surface area contributed by atoms with Crippen molar-refractivity contribution in [1.29, 1.82) is 0 Å². The van der Waals surface area contributed by atoms with Gasteiger partial charge in [0.25, 0.3) is 0 Å². The zero-order valence-corrected chi connectivity index (χ0v) is 25.0. The SMILES string of the molecule is O=C(O)CCCCN(Cc1ccc(C(=O)O)cc1)C[C@H](OCc1ccc(Oc2ccc(Cl)cc2)cc1)c1cccc(Cl)c1. The molecule has 0 unspecified atom stereocenters. The molecule has 4 aromatic rings. The lowest BCUT2D eigenvalue weighted by atomic mass is 10.1. The number of carboxylic acid groups (broad SMARTS) is 2. The van der Waals surface area contributed by atoms with E-state index in [0.29, 0.717) is 60.6 Å². The van der Waals surface area contributed by atoms with Gasteiger partial charge in [-0.05, 0) is 96.7 Å². The second-order valence-corrected chi connectivity index (χ2v) is 11.0. The molecule has 1 atom stereocenters. The average Bonchev–Trinajstić information content (AvgIpc) is 2.99. The Balaban J connectivity index is 1.47. The summed E-state index contributed by atoms with van der Waals surface area (Å²) in [6.07, 6.45) is 1.02. The van der Waals surface area contributed by atoms with Crippen molar-refractivity contribution in [2.45, 2.75) is 38.5 Å². The zero-order chi connectivity index (χ0) is 30.6. The number of hydrogen-bond donors (Lipinski definition) is 2. The number of aliphatic carboxylic acids is 1. The number of halogens is 2. The van der Waals surface area contributed by atoms with E-state index < -0.39 is 11.9 Å². The van der Waals surface area contributed by atoms with Gasteiger partial charge in [0.2, 0.25) is 0 Å². The molecule has 0 bridgehead atoms.